The number of nitrogens with one attached hydrogen (secondary N) is 1. The van der Waals surface area contributed by atoms with E-state index in [2.05, 4.69) is 19.2 Å². The molecule has 1 aliphatic carbocycles. The molecule has 0 aromatic rings. The summed E-state index contributed by atoms with van der Waals surface area (Å²) >= 11 is 0. The molecule has 0 aromatic heterocycles. The summed E-state index contributed by atoms with van der Waals surface area (Å²) in [6.45, 7) is 7.89. The van der Waals surface area contributed by atoms with Gasteiger partial charge in [0, 0.05) is 19.3 Å². The van der Waals surface area contributed by atoms with Crippen molar-refractivity contribution in [1.29, 1.82) is 0 Å². The molecule has 1 saturated heterocycles. The summed E-state index contributed by atoms with van der Waals surface area (Å²) in [5.74, 6) is 2.62. The fourth-order valence-corrected chi connectivity index (χ4v) is 3.37. The predicted octanol–water partition coefficient (Wildman–Crippen LogP) is 2.44. The van der Waals surface area contributed by atoms with Gasteiger partial charge in [0.1, 0.15) is 0 Å². The highest BCUT2D eigenvalue weighted by Gasteiger charge is 2.38. The maximum absolute atomic E-state index is 5.51. The van der Waals surface area contributed by atoms with Crippen LogP contribution in [0.15, 0.2) is 0 Å². The first kappa shape index (κ1) is 11.4. The zero-order chi connectivity index (χ0) is 10.7. The van der Waals surface area contributed by atoms with E-state index in [0.29, 0.717) is 0 Å². The summed E-state index contributed by atoms with van der Waals surface area (Å²) in [7, 11) is 0. The fourth-order valence-electron chi connectivity index (χ4n) is 3.37. The Hall–Kier alpha value is -0.0800. The van der Waals surface area contributed by atoms with Crippen molar-refractivity contribution in [3.8, 4) is 0 Å². The van der Waals surface area contributed by atoms with Gasteiger partial charge in [-0.3, -0.25) is 0 Å². The van der Waals surface area contributed by atoms with Crippen LogP contribution in [0, 0.1) is 17.8 Å². The second kappa shape index (κ2) is 5.31. The summed E-state index contributed by atoms with van der Waals surface area (Å²) in [5.41, 5.74) is 0. The number of rotatable bonds is 4. The third-order valence-corrected chi connectivity index (χ3v) is 4.35. The maximum Gasteiger partial charge on any atom is 0.0497 e. The van der Waals surface area contributed by atoms with Crippen molar-refractivity contribution in [2.75, 3.05) is 19.8 Å². The van der Waals surface area contributed by atoms with Gasteiger partial charge in [-0.2, -0.15) is 0 Å². The lowest BCUT2D eigenvalue weighted by atomic mass is 9.83. The quantitative estimate of drug-likeness (QED) is 0.771. The lowest BCUT2D eigenvalue weighted by molar-refractivity contribution is 0.161. The van der Waals surface area contributed by atoms with Crippen LogP contribution in [0.1, 0.15) is 39.5 Å². The van der Waals surface area contributed by atoms with E-state index in [0.717, 1.165) is 37.0 Å². The Morgan fingerprint density at radius 3 is 2.80 bits per heavy atom. The second-order valence-electron chi connectivity index (χ2n) is 5.28. The van der Waals surface area contributed by atoms with Gasteiger partial charge in [0.2, 0.25) is 0 Å². The highest BCUT2D eigenvalue weighted by Crippen LogP contribution is 2.40. The molecule has 1 saturated carbocycles. The second-order valence-corrected chi connectivity index (χ2v) is 5.28. The highest BCUT2D eigenvalue weighted by molar-refractivity contribution is 4.91. The molecule has 1 heterocycles. The zero-order valence-electron chi connectivity index (χ0n) is 10.2. The molecular formula is C13H25NO. The van der Waals surface area contributed by atoms with Crippen molar-refractivity contribution in [2.45, 2.75) is 45.6 Å². The SMILES string of the molecule is CCCNC1CCC(C2CCOC2)C1C. The van der Waals surface area contributed by atoms with Gasteiger partial charge in [0.25, 0.3) is 0 Å². The zero-order valence-corrected chi connectivity index (χ0v) is 10.2. The van der Waals surface area contributed by atoms with Crippen molar-refractivity contribution in [3.05, 3.63) is 0 Å². The van der Waals surface area contributed by atoms with Gasteiger partial charge in [-0.1, -0.05) is 13.8 Å². The van der Waals surface area contributed by atoms with Gasteiger partial charge in [0.15, 0.2) is 0 Å². The molecule has 2 nitrogen and oxygen atoms in total. The Morgan fingerprint density at radius 1 is 1.27 bits per heavy atom. The molecule has 4 atom stereocenters. The normalized spacial score (nSPS) is 41.2. The summed E-state index contributed by atoms with van der Waals surface area (Å²) in [5, 5.41) is 3.69. The molecule has 0 spiro atoms. The molecule has 0 radical (unpaired) electrons. The van der Waals surface area contributed by atoms with E-state index in [1.165, 1.54) is 32.2 Å². The Kier molecular flexibility index (Phi) is 4.04. The largest absolute Gasteiger partial charge is 0.381 e. The predicted molar refractivity (Wildman–Crippen MR) is 62.9 cm³/mol. The van der Waals surface area contributed by atoms with Crippen LogP contribution in [0.2, 0.25) is 0 Å². The van der Waals surface area contributed by atoms with Gasteiger partial charge in [-0.25, -0.2) is 0 Å². The molecule has 0 aromatic carbocycles. The standard InChI is InChI=1S/C13H25NO/c1-3-7-14-13-5-4-12(10(13)2)11-6-8-15-9-11/h10-14H,3-9H2,1-2H3. The third kappa shape index (κ3) is 2.54. The Labute approximate surface area is 93.8 Å². The molecule has 2 aliphatic rings. The molecule has 1 N–H and O–H groups in total. The molecule has 4 unspecified atom stereocenters. The first-order valence-electron chi connectivity index (χ1n) is 6.64. The van der Waals surface area contributed by atoms with Crippen LogP contribution >= 0.6 is 0 Å². The van der Waals surface area contributed by atoms with Gasteiger partial charge >= 0.3 is 0 Å². The molecule has 88 valence electrons. The van der Waals surface area contributed by atoms with Crippen molar-refractivity contribution in [1.82, 2.24) is 5.32 Å². The molecule has 2 heteroatoms. The van der Waals surface area contributed by atoms with E-state index >= 15 is 0 Å². The Morgan fingerprint density at radius 2 is 2.13 bits per heavy atom. The van der Waals surface area contributed by atoms with Crippen LogP contribution < -0.4 is 5.32 Å². The topological polar surface area (TPSA) is 21.3 Å². The lowest BCUT2D eigenvalue weighted by Crippen LogP contribution is -2.34. The van der Waals surface area contributed by atoms with Crippen LogP contribution in [0.25, 0.3) is 0 Å². The molecule has 2 rings (SSSR count). The molecular weight excluding hydrogens is 186 g/mol. The first-order chi connectivity index (χ1) is 7.33. The summed E-state index contributed by atoms with van der Waals surface area (Å²) in [4.78, 5) is 0. The van der Waals surface area contributed by atoms with Crippen molar-refractivity contribution < 1.29 is 4.74 Å². The van der Waals surface area contributed by atoms with Crippen molar-refractivity contribution >= 4 is 0 Å². The molecule has 0 bridgehead atoms. The van der Waals surface area contributed by atoms with Crippen LogP contribution in [-0.4, -0.2) is 25.8 Å². The van der Waals surface area contributed by atoms with Crippen LogP contribution in [-0.2, 0) is 4.74 Å². The number of hydrogen-bond acceptors (Lipinski definition) is 2. The van der Waals surface area contributed by atoms with E-state index in [-0.39, 0.29) is 0 Å². The Balaban J connectivity index is 1.83. The van der Waals surface area contributed by atoms with Gasteiger partial charge < -0.3 is 10.1 Å². The minimum absolute atomic E-state index is 0.774. The number of hydrogen-bond donors (Lipinski definition) is 1. The monoisotopic (exact) mass is 211 g/mol. The van der Waals surface area contributed by atoms with Gasteiger partial charge in [-0.15, -0.1) is 0 Å². The smallest absolute Gasteiger partial charge is 0.0497 e. The first-order valence-corrected chi connectivity index (χ1v) is 6.64. The minimum atomic E-state index is 0.774. The summed E-state index contributed by atoms with van der Waals surface area (Å²) < 4.78 is 5.51. The third-order valence-electron chi connectivity index (χ3n) is 4.35. The average Bonchev–Trinajstić information content (AvgIpc) is 2.84. The van der Waals surface area contributed by atoms with Gasteiger partial charge in [-0.05, 0) is 50.0 Å². The van der Waals surface area contributed by atoms with Gasteiger partial charge in [0.05, 0.1) is 0 Å². The average molecular weight is 211 g/mol. The molecule has 15 heavy (non-hydrogen) atoms. The lowest BCUT2D eigenvalue weighted by Gasteiger charge is -2.25. The van der Waals surface area contributed by atoms with E-state index in [9.17, 15) is 0 Å². The Bertz CT molecular complexity index is 189. The van der Waals surface area contributed by atoms with Crippen molar-refractivity contribution in [3.63, 3.8) is 0 Å². The van der Waals surface area contributed by atoms with E-state index in [1.807, 2.05) is 0 Å². The minimum Gasteiger partial charge on any atom is -0.381 e. The van der Waals surface area contributed by atoms with E-state index in [4.69, 9.17) is 4.74 Å². The summed E-state index contributed by atoms with van der Waals surface area (Å²) in [6, 6.07) is 0.774. The van der Waals surface area contributed by atoms with Crippen molar-refractivity contribution in [2.24, 2.45) is 17.8 Å². The number of ether oxygens (including phenoxy) is 1. The molecule has 1 aliphatic heterocycles. The maximum atomic E-state index is 5.51. The summed E-state index contributed by atoms with van der Waals surface area (Å²) in [6.07, 6.45) is 5.34. The molecule has 0 amide bonds. The highest BCUT2D eigenvalue weighted by atomic mass is 16.5. The van der Waals surface area contributed by atoms with Crippen LogP contribution in [0.5, 0.6) is 0 Å². The van der Waals surface area contributed by atoms with Crippen LogP contribution in [0.3, 0.4) is 0 Å². The van der Waals surface area contributed by atoms with E-state index in [1.54, 1.807) is 0 Å². The fraction of sp³-hybridized carbons (Fsp3) is 1.00. The van der Waals surface area contributed by atoms with Crippen LogP contribution in [0.4, 0.5) is 0 Å². The van der Waals surface area contributed by atoms with E-state index < -0.39 is 0 Å². The molecule has 2 fully saturated rings.